The number of nitrogens with zero attached hydrogens (tertiary/aromatic N) is 3. The van der Waals surface area contributed by atoms with Gasteiger partial charge in [0.2, 0.25) is 0 Å². The number of carbonyl (C=O) groups excluding carboxylic acids is 1. The van der Waals surface area contributed by atoms with Gasteiger partial charge in [0.05, 0.1) is 31.5 Å². The molecular weight excluding hydrogens is 244 g/mol. The summed E-state index contributed by atoms with van der Waals surface area (Å²) in [5, 5.41) is 3.06. The second kappa shape index (κ2) is 6.10. The quantitative estimate of drug-likeness (QED) is 0.806. The van der Waals surface area contributed by atoms with Crippen molar-refractivity contribution in [2.24, 2.45) is 0 Å². The van der Waals surface area contributed by atoms with E-state index in [0.29, 0.717) is 18.7 Å². The first-order valence-electron chi connectivity index (χ1n) is 5.92. The number of methoxy groups -OCH3 is 1. The summed E-state index contributed by atoms with van der Waals surface area (Å²) in [6, 6.07) is 3.53. The van der Waals surface area contributed by atoms with E-state index < -0.39 is 0 Å². The minimum absolute atomic E-state index is 0.377. The topological polar surface area (TPSA) is 69.0 Å². The van der Waals surface area contributed by atoms with Crippen LogP contribution >= 0.6 is 0 Å². The second-order valence-electron chi connectivity index (χ2n) is 4.03. The Morgan fingerprint density at radius 2 is 2.26 bits per heavy atom. The first kappa shape index (κ1) is 13.2. The molecule has 1 N–H and O–H groups in total. The third-order valence-electron chi connectivity index (χ3n) is 2.71. The maximum absolute atomic E-state index is 11.3. The van der Waals surface area contributed by atoms with Gasteiger partial charge in [0.25, 0.3) is 0 Å². The van der Waals surface area contributed by atoms with Crippen molar-refractivity contribution in [1.29, 1.82) is 0 Å². The van der Waals surface area contributed by atoms with E-state index >= 15 is 0 Å². The zero-order chi connectivity index (χ0) is 13.7. The third kappa shape index (κ3) is 3.17. The summed E-state index contributed by atoms with van der Waals surface area (Å²) < 4.78 is 6.64. The summed E-state index contributed by atoms with van der Waals surface area (Å²) in [5.74, 6) is 0.568. The summed E-state index contributed by atoms with van der Waals surface area (Å²) in [6.45, 7) is 1.33. The third-order valence-corrected chi connectivity index (χ3v) is 2.71. The maximum atomic E-state index is 11.3. The Morgan fingerprint density at radius 3 is 2.89 bits per heavy atom. The van der Waals surface area contributed by atoms with Crippen LogP contribution in [0.5, 0.6) is 0 Å². The molecule has 0 radical (unpaired) electrons. The van der Waals surface area contributed by atoms with Crippen LogP contribution in [-0.2, 0) is 17.8 Å². The lowest BCUT2D eigenvalue weighted by atomic mass is 10.2. The van der Waals surface area contributed by atoms with Crippen molar-refractivity contribution in [3.8, 4) is 0 Å². The van der Waals surface area contributed by atoms with Crippen LogP contribution in [0.15, 0.2) is 30.7 Å². The highest BCUT2D eigenvalue weighted by atomic mass is 16.5. The van der Waals surface area contributed by atoms with Gasteiger partial charge >= 0.3 is 5.97 Å². The first-order chi connectivity index (χ1) is 9.24. The molecule has 0 bridgehead atoms. The smallest absolute Gasteiger partial charge is 0.339 e. The van der Waals surface area contributed by atoms with Crippen molar-refractivity contribution in [3.05, 3.63) is 47.8 Å². The van der Waals surface area contributed by atoms with E-state index in [1.165, 1.54) is 13.3 Å². The van der Waals surface area contributed by atoms with E-state index in [0.717, 1.165) is 11.5 Å². The molecule has 0 aromatic carbocycles. The molecule has 2 heterocycles. The lowest BCUT2D eigenvalue weighted by Crippen LogP contribution is -2.13. The van der Waals surface area contributed by atoms with Crippen molar-refractivity contribution in [3.63, 3.8) is 0 Å². The van der Waals surface area contributed by atoms with Crippen LogP contribution in [0.3, 0.4) is 0 Å². The van der Waals surface area contributed by atoms with Crippen molar-refractivity contribution >= 4 is 5.97 Å². The Labute approximate surface area is 111 Å². The number of ether oxygens (including phenoxy) is 1. The molecule has 19 heavy (non-hydrogen) atoms. The largest absolute Gasteiger partial charge is 0.465 e. The molecule has 0 aliphatic rings. The Balaban J connectivity index is 2.11. The standard InChI is InChI=1S/C13H16N4O2/c1-14-8-12-15-5-6-17(12)9-11-4-3-10(7-16-11)13(18)19-2/h3-7,14H,8-9H2,1-2H3. The van der Waals surface area contributed by atoms with Crippen LogP contribution in [-0.4, -0.2) is 34.7 Å². The number of pyridine rings is 1. The van der Waals surface area contributed by atoms with Gasteiger partial charge in [-0.1, -0.05) is 0 Å². The van der Waals surface area contributed by atoms with Crippen molar-refractivity contribution in [1.82, 2.24) is 19.9 Å². The number of hydrogen-bond donors (Lipinski definition) is 1. The van der Waals surface area contributed by atoms with E-state index in [-0.39, 0.29) is 5.97 Å². The number of carbonyl (C=O) groups is 1. The fraction of sp³-hybridized carbons (Fsp3) is 0.308. The number of esters is 1. The predicted molar refractivity (Wildman–Crippen MR) is 69.7 cm³/mol. The lowest BCUT2D eigenvalue weighted by Gasteiger charge is -2.07. The van der Waals surface area contributed by atoms with Gasteiger partial charge in [-0.15, -0.1) is 0 Å². The molecule has 0 fully saturated rings. The van der Waals surface area contributed by atoms with Gasteiger partial charge < -0.3 is 14.6 Å². The SMILES string of the molecule is CNCc1nccn1Cc1ccc(C(=O)OC)cn1. The van der Waals surface area contributed by atoms with Crippen LogP contribution in [0.4, 0.5) is 0 Å². The molecule has 0 atom stereocenters. The molecule has 0 aliphatic heterocycles. The van der Waals surface area contributed by atoms with Crippen LogP contribution in [0.2, 0.25) is 0 Å². The average molecular weight is 260 g/mol. The van der Waals surface area contributed by atoms with Crippen LogP contribution in [0.1, 0.15) is 21.9 Å². The number of hydrogen-bond acceptors (Lipinski definition) is 5. The maximum Gasteiger partial charge on any atom is 0.339 e. The predicted octanol–water partition coefficient (Wildman–Crippen LogP) is 0.832. The van der Waals surface area contributed by atoms with Crippen LogP contribution < -0.4 is 5.32 Å². The molecule has 2 aromatic rings. The van der Waals surface area contributed by atoms with E-state index in [1.54, 1.807) is 12.3 Å². The van der Waals surface area contributed by atoms with E-state index in [2.05, 4.69) is 20.0 Å². The highest BCUT2D eigenvalue weighted by Gasteiger charge is 2.07. The van der Waals surface area contributed by atoms with Crippen molar-refractivity contribution in [2.75, 3.05) is 14.2 Å². The molecule has 0 saturated carbocycles. The van der Waals surface area contributed by atoms with Gasteiger partial charge in [-0.2, -0.15) is 0 Å². The molecular formula is C13H16N4O2. The molecule has 0 aliphatic carbocycles. The monoisotopic (exact) mass is 260 g/mol. The van der Waals surface area contributed by atoms with Crippen molar-refractivity contribution in [2.45, 2.75) is 13.1 Å². The highest BCUT2D eigenvalue weighted by Crippen LogP contribution is 2.06. The number of imidazole rings is 1. The fourth-order valence-electron chi connectivity index (χ4n) is 1.74. The highest BCUT2D eigenvalue weighted by molar-refractivity contribution is 5.88. The normalized spacial score (nSPS) is 10.4. The minimum Gasteiger partial charge on any atom is -0.465 e. The molecule has 6 nitrogen and oxygen atoms in total. The summed E-state index contributed by atoms with van der Waals surface area (Å²) in [6.07, 6.45) is 5.19. The number of rotatable bonds is 5. The van der Waals surface area contributed by atoms with Crippen molar-refractivity contribution < 1.29 is 9.53 Å². The molecule has 100 valence electrons. The van der Waals surface area contributed by atoms with Gasteiger partial charge in [-0.25, -0.2) is 9.78 Å². The Kier molecular flexibility index (Phi) is 4.25. The zero-order valence-electron chi connectivity index (χ0n) is 11.0. The average Bonchev–Trinajstić information content (AvgIpc) is 2.86. The molecule has 2 aromatic heterocycles. The Hall–Kier alpha value is -2.21. The summed E-state index contributed by atoms with van der Waals surface area (Å²) >= 11 is 0. The number of aromatic nitrogens is 3. The molecule has 2 rings (SSSR count). The minimum atomic E-state index is -0.377. The van der Waals surface area contributed by atoms with E-state index in [9.17, 15) is 4.79 Å². The van der Waals surface area contributed by atoms with Gasteiger partial charge in [0.1, 0.15) is 5.82 Å². The van der Waals surface area contributed by atoms with E-state index in [4.69, 9.17) is 0 Å². The summed E-state index contributed by atoms with van der Waals surface area (Å²) in [5.41, 5.74) is 1.32. The molecule has 0 amide bonds. The Bertz CT molecular complexity index is 548. The first-order valence-corrected chi connectivity index (χ1v) is 5.92. The fourth-order valence-corrected chi connectivity index (χ4v) is 1.74. The summed E-state index contributed by atoms with van der Waals surface area (Å²) in [7, 11) is 3.23. The molecule has 0 spiro atoms. The molecule has 0 saturated heterocycles. The van der Waals surface area contributed by atoms with Gasteiger partial charge in [0.15, 0.2) is 0 Å². The zero-order valence-corrected chi connectivity index (χ0v) is 11.0. The van der Waals surface area contributed by atoms with Gasteiger partial charge in [-0.05, 0) is 19.2 Å². The molecule has 6 heteroatoms. The van der Waals surface area contributed by atoms with Crippen LogP contribution in [0, 0.1) is 0 Å². The van der Waals surface area contributed by atoms with Gasteiger partial charge in [0, 0.05) is 18.6 Å². The van der Waals surface area contributed by atoms with Gasteiger partial charge in [-0.3, -0.25) is 4.98 Å². The summed E-state index contributed by atoms with van der Waals surface area (Å²) in [4.78, 5) is 19.8. The molecule has 0 unspecified atom stereocenters. The van der Waals surface area contributed by atoms with E-state index in [1.807, 2.05) is 23.9 Å². The lowest BCUT2D eigenvalue weighted by molar-refractivity contribution is 0.0600. The Morgan fingerprint density at radius 1 is 1.42 bits per heavy atom. The number of nitrogens with one attached hydrogen (secondary N) is 1. The second-order valence-corrected chi connectivity index (χ2v) is 4.03. The van der Waals surface area contributed by atoms with Crippen LogP contribution in [0.25, 0.3) is 0 Å².